The Morgan fingerprint density at radius 3 is 2.37 bits per heavy atom. The molecule has 0 bridgehead atoms. The van der Waals surface area contributed by atoms with Crippen LogP contribution in [0.25, 0.3) is 0 Å². The lowest BCUT2D eigenvalue weighted by molar-refractivity contribution is -0.0277. The minimum atomic E-state index is -0.779. The van der Waals surface area contributed by atoms with Crippen LogP contribution in [-0.4, -0.2) is 41.4 Å². The molecule has 0 radical (unpaired) electrons. The molecule has 1 aromatic rings. The van der Waals surface area contributed by atoms with E-state index in [4.69, 9.17) is 2.74 Å². The molecular weight excluding hydrogens is 238 g/mol. The van der Waals surface area contributed by atoms with Crippen LogP contribution in [0.4, 0.5) is 0 Å². The van der Waals surface area contributed by atoms with Crippen LogP contribution in [0.1, 0.15) is 46.3 Å². The summed E-state index contributed by atoms with van der Waals surface area (Å²) in [6.07, 6.45) is 4.69. The van der Waals surface area contributed by atoms with Gasteiger partial charge in [-0.05, 0) is 44.6 Å². The van der Waals surface area contributed by atoms with Crippen molar-refractivity contribution < 1.29 is 13.0 Å². The molecule has 0 saturated heterocycles. The zero-order valence-corrected chi connectivity index (χ0v) is 11.8. The average Bonchev–Trinajstić information content (AvgIpc) is 2.42. The number of benzene rings is 1. The number of rotatable bonds is 4. The quantitative estimate of drug-likeness (QED) is 0.879. The number of hydrogen-bond acceptors (Lipinski definition) is 3. The molecule has 1 unspecified atom stereocenters. The largest absolute Gasteiger partial charge is 0.508 e. The van der Waals surface area contributed by atoms with Crippen molar-refractivity contribution in [2.24, 2.45) is 0 Å². The number of aliphatic hydroxyl groups is 1. The fourth-order valence-electron chi connectivity index (χ4n) is 3.05. The lowest BCUT2D eigenvalue weighted by Crippen LogP contribution is -2.42. The molecule has 2 N–H and O–H groups in total. The second-order valence-corrected chi connectivity index (χ2v) is 5.91. The highest BCUT2D eigenvalue weighted by atomic mass is 16.3. The van der Waals surface area contributed by atoms with E-state index in [0.717, 1.165) is 37.7 Å². The van der Waals surface area contributed by atoms with Crippen molar-refractivity contribution >= 4 is 0 Å². The number of likely N-dealkylation sites (N-methyl/N-ethyl adjacent to an activating group) is 1. The Balaban J connectivity index is 2.40. The number of hydrogen-bond donors (Lipinski definition) is 2. The zero-order chi connectivity index (χ0) is 15.6. The molecule has 0 aliphatic heterocycles. The maximum Gasteiger partial charge on any atom is 0.115 e. The third-order valence-electron chi connectivity index (χ3n) is 4.07. The van der Waals surface area contributed by atoms with Crippen LogP contribution in [0.5, 0.6) is 5.75 Å². The van der Waals surface area contributed by atoms with E-state index < -0.39 is 5.60 Å². The first-order valence-electron chi connectivity index (χ1n) is 8.01. The lowest BCUT2D eigenvalue weighted by atomic mass is 9.72. The molecule has 2 rings (SSSR count). The fourth-order valence-corrected chi connectivity index (χ4v) is 3.05. The van der Waals surface area contributed by atoms with Gasteiger partial charge in [0, 0.05) is 12.5 Å². The fraction of sp³-hybridized carbons (Fsp3) is 0.625. The van der Waals surface area contributed by atoms with E-state index in [2.05, 4.69) is 0 Å². The zero-order valence-electron chi connectivity index (χ0n) is 13.8. The van der Waals surface area contributed by atoms with Gasteiger partial charge in [0.25, 0.3) is 0 Å². The molecule has 0 spiro atoms. The highest BCUT2D eigenvalue weighted by molar-refractivity contribution is 5.30. The van der Waals surface area contributed by atoms with Crippen LogP contribution in [0, 0.1) is 0 Å². The lowest BCUT2D eigenvalue weighted by Gasteiger charge is -2.40. The van der Waals surface area contributed by atoms with Gasteiger partial charge >= 0.3 is 0 Å². The molecule has 0 aromatic heterocycles. The molecule has 3 nitrogen and oxygen atoms in total. The van der Waals surface area contributed by atoms with Crippen molar-refractivity contribution in [3.8, 4) is 5.75 Å². The van der Waals surface area contributed by atoms with Crippen LogP contribution in [0.2, 0.25) is 0 Å². The molecule has 3 heteroatoms. The first-order valence-corrected chi connectivity index (χ1v) is 7.01. The van der Waals surface area contributed by atoms with E-state index in [9.17, 15) is 10.2 Å². The molecule has 1 aliphatic carbocycles. The van der Waals surface area contributed by atoms with Crippen molar-refractivity contribution in [1.29, 1.82) is 0 Å². The molecular formula is C16H25NO2. The number of aromatic hydroxyl groups is 1. The summed E-state index contributed by atoms with van der Waals surface area (Å²) >= 11 is 0. The molecule has 1 aromatic carbocycles. The van der Waals surface area contributed by atoms with E-state index in [1.165, 1.54) is 0 Å². The Bertz CT molecular complexity index is 476. The molecule has 1 fully saturated rings. The summed E-state index contributed by atoms with van der Waals surface area (Å²) in [7, 11) is 3.92. The van der Waals surface area contributed by atoms with Crippen LogP contribution < -0.4 is 0 Å². The Hall–Kier alpha value is -1.06. The van der Waals surface area contributed by atoms with Crippen LogP contribution in [0.15, 0.2) is 24.2 Å². The van der Waals surface area contributed by atoms with Crippen molar-refractivity contribution in [3.63, 3.8) is 0 Å². The summed E-state index contributed by atoms with van der Waals surface area (Å²) in [6, 6.07) is 3.10. The Morgan fingerprint density at radius 2 is 1.84 bits per heavy atom. The monoisotopic (exact) mass is 265 g/mol. The molecule has 1 atom stereocenters. The number of nitrogens with zero attached hydrogens (tertiary/aromatic N) is 1. The van der Waals surface area contributed by atoms with E-state index in [0.29, 0.717) is 6.54 Å². The van der Waals surface area contributed by atoms with Gasteiger partial charge in [-0.15, -0.1) is 0 Å². The number of phenolic OH excluding ortho intramolecular Hbond substituents is 1. The van der Waals surface area contributed by atoms with Crippen LogP contribution >= 0.6 is 0 Å². The Kier molecular flexibility index (Phi) is 3.66. The highest BCUT2D eigenvalue weighted by Gasteiger charge is 2.38. The predicted molar refractivity (Wildman–Crippen MR) is 77.4 cm³/mol. The van der Waals surface area contributed by atoms with Crippen LogP contribution in [-0.2, 0) is 0 Å². The smallest absolute Gasteiger partial charge is 0.115 e. The highest BCUT2D eigenvalue weighted by Crippen LogP contribution is 2.40. The summed E-state index contributed by atoms with van der Waals surface area (Å²) in [5.41, 5.74) is -0.000781. The van der Waals surface area contributed by atoms with Crippen molar-refractivity contribution in [1.82, 2.24) is 4.90 Å². The van der Waals surface area contributed by atoms with E-state index in [1.807, 2.05) is 19.0 Å². The molecule has 1 saturated carbocycles. The standard InChI is InChI=1S/C16H25NO2/c1-17(2)12-15(13-6-8-14(18)9-7-13)16(19)10-4-3-5-11-16/h6-9,15,18-19H,3-5,10-12H2,1-2H3/i8D,9D. The summed E-state index contributed by atoms with van der Waals surface area (Å²) in [6.45, 7) is 0.667. The van der Waals surface area contributed by atoms with Crippen molar-refractivity contribution in [3.05, 3.63) is 29.8 Å². The first-order chi connectivity index (χ1) is 9.83. The van der Waals surface area contributed by atoms with Crippen molar-refractivity contribution in [2.45, 2.75) is 43.6 Å². The minimum absolute atomic E-state index is 0.0411. The third-order valence-corrected chi connectivity index (χ3v) is 4.07. The summed E-state index contributed by atoms with van der Waals surface area (Å²) in [5, 5.41) is 20.7. The van der Waals surface area contributed by atoms with Gasteiger partial charge in [0.15, 0.2) is 0 Å². The predicted octanol–water partition coefficient (Wildman–Crippen LogP) is 2.73. The minimum Gasteiger partial charge on any atom is -0.508 e. The Morgan fingerprint density at radius 1 is 1.26 bits per heavy atom. The SMILES string of the molecule is [2H]c1cc(C(CN(C)C)C2(O)CCCCC2)cc([2H])c1O. The summed E-state index contributed by atoms with van der Waals surface area (Å²) in [4.78, 5) is 2.03. The summed E-state index contributed by atoms with van der Waals surface area (Å²) < 4.78 is 15.6. The molecule has 0 heterocycles. The third kappa shape index (κ3) is 3.48. The van der Waals surface area contributed by atoms with Gasteiger partial charge < -0.3 is 15.1 Å². The van der Waals surface area contributed by atoms with E-state index in [-0.39, 0.29) is 23.8 Å². The van der Waals surface area contributed by atoms with Gasteiger partial charge in [-0.3, -0.25) is 0 Å². The first kappa shape index (κ1) is 11.7. The average molecular weight is 265 g/mol. The van der Waals surface area contributed by atoms with Gasteiger partial charge in [0.1, 0.15) is 5.75 Å². The molecule has 0 amide bonds. The van der Waals surface area contributed by atoms with E-state index in [1.54, 1.807) is 12.1 Å². The van der Waals surface area contributed by atoms with Crippen LogP contribution in [0.3, 0.4) is 0 Å². The van der Waals surface area contributed by atoms with Gasteiger partial charge in [-0.1, -0.05) is 31.4 Å². The maximum atomic E-state index is 11.1. The van der Waals surface area contributed by atoms with Gasteiger partial charge in [-0.25, -0.2) is 0 Å². The maximum absolute atomic E-state index is 11.1. The van der Waals surface area contributed by atoms with Crippen molar-refractivity contribution in [2.75, 3.05) is 20.6 Å². The molecule has 106 valence electrons. The molecule has 1 aliphatic rings. The second-order valence-electron chi connectivity index (χ2n) is 5.91. The molecule has 19 heavy (non-hydrogen) atoms. The topological polar surface area (TPSA) is 43.7 Å². The van der Waals surface area contributed by atoms with Gasteiger partial charge in [0.05, 0.1) is 8.34 Å². The van der Waals surface area contributed by atoms with Gasteiger partial charge in [-0.2, -0.15) is 0 Å². The second kappa shape index (κ2) is 5.93. The normalized spacial score (nSPS) is 21.9. The number of phenols is 1. The van der Waals surface area contributed by atoms with E-state index >= 15 is 0 Å². The Labute approximate surface area is 118 Å². The summed E-state index contributed by atoms with van der Waals surface area (Å²) in [5.74, 6) is -0.431. The van der Waals surface area contributed by atoms with Gasteiger partial charge in [0.2, 0.25) is 0 Å².